The number of hydrogen-bond acceptors (Lipinski definition) is 3. The topological polar surface area (TPSA) is 46.6 Å². The molecule has 1 amide bonds. The van der Waals surface area contributed by atoms with Crippen molar-refractivity contribution < 1.29 is 14.3 Å². The Kier molecular flexibility index (Phi) is 8.81. The molecule has 0 aromatic heterocycles. The third-order valence-corrected chi connectivity index (χ3v) is 4.35. The van der Waals surface area contributed by atoms with Crippen LogP contribution in [0.3, 0.4) is 0 Å². The second kappa shape index (κ2) is 10.1. The summed E-state index contributed by atoms with van der Waals surface area (Å²) in [6.07, 6.45) is 1.54. The highest BCUT2D eigenvalue weighted by Crippen LogP contribution is 2.27. The van der Waals surface area contributed by atoms with Crippen molar-refractivity contribution in [2.45, 2.75) is 65.9 Å². The summed E-state index contributed by atoms with van der Waals surface area (Å²) in [7, 11) is 0. The highest BCUT2D eigenvalue weighted by Gasteiger charge is 2.29. The number of benzene rings is 1. The van der Waals surface area contributed by atoms with Crippen molar-refractivity contribution in [3.05, 3.63) is 34.3 Å². The van der Waals surface area contributed by atoms with Crippen molar-refractivity contribution in [3.63, 3.8) is 0 Å². The molecule has 0 spiro atoms. The summed E-state index contributed by atoms with van der Waals surface area (Å²) in [4.78, 5) is 27.2. The fraction of sp³-hybridized carbons (Fsp3) is 0.619. The number of carbonyl (C=O) groups excluding carboxylic acids is 2. The minimum Gasteiger partial charge on any atom is -0.459 e. The molecule has 0 radical (unpaired) electrons. The first-order chi connectivity index (χ1) is 12.0. The highest BCUT2D eigenvalue weighted by atomic mass is 79.9. The number of esters is 1. The summed E-state index contributed by atoms with van der Waals surface area (Å²) in [5, 5.41) is 0. The van der Waals surface area contributed by atoms with Gasteiger partial charge < -0.3 is 9.64 Å². The molecule has 146 valence electrons. The van der Waals surface area contributed by atoms with Crippen LogP contribution in [0.1, 0.15) is 65.9 Å². The molecule has 0 bridgehead atoms. The Balaban J connectivity index is 3.02. The van der Waals surface area contributed by atoms with Crippen molar-refractivity contribution in [1.82, 2.24) is 4.90 Å². The van der Waals surface area contributed by atoms with Gasteiger partial charge in [-0.05, 0) is 57.2 Å². The van der Waals surface area contributed by atoms with E-state index < -0.39 is 5.60 Å². The third kappa shape index (κ3) is 7.90. The van der Waals surface area contributed by atoms with Crippen molar-refractivity contribution in [2.75, 3.05) is 13.1 Å². The second-order valence-electron chi connectivity index (χ2n) is 8.08. The zero-order valence-corrected chi connectivity index (χ0v) is 18.4. The molecule has 0 aliphatic heterocycles. The Labute approximate surface area is 166 Å². The number of ether oxygens (including phenoxy) is 1. The monoisotopic (exact) mass is 425 g/mol. The molecule has 26 heavy (non-hydrogen) atoms. The molecular formula is C21H32BrNO3. The standard InChI is InChI=1S/C21H32BrNO3/c1-7-12-23(14-19(24)26-21(4,5)6)20(25)18(13-15(2)3)16-8-10-17(22)11-9-16/h8-11,15,18H,7,12-14H2,1-6H3. The number of halogens is 1. The molecule has 0 saturated carbocycles. The van der Waals surface area contributed by atoms with E-state index in [0.717, 1.165) is 22.9 Å². The summed E-state index contributed by atoms with van der Waals surface area (Å²) >= 11 is 3.44. The molecule has 0 aliphatic carbocycles. The van der Waals surface area contributed by atoms with Gasteiger partial charge in [0.05, 0.1) is 5.92 Å². The summed E-state index contributed by atoms with van der Waals surface area (Å²) in [5.41, 5.74) is 0.429. The fourth-order valence-electron chi connectivity index (χ4n) is 2.83. The quantitative estimate of drug-likeness (QED) is 0.540. The maximum atomic E-state index is 13.3. The second-order valence-corrected chi connectivity index (χ2v) is 9.00. The number of carbonyl (C=O) groups is 2. The first-order valence-corrected chi connectivity index (χ1v) is 10.1. The van der Waals surface area contributed by atoms with Gasteiger partial charge in [0.25, 0.3) is 0 Å². The minimum atomic E-state index is -0.555. The summed E-state index contributed by atoms with van der Waals surface area (Å²) < 4.78 is 6.39. The van der Waals surface area contributed by atoms with Crippen LogP contribution in [0.2, 0.25) is 0 Å². The summed E-state index contributed by atoms with van der Waals surface area (Å²) in [6.45, 7) is 12.3. The van der Waals surface area contributed by atoms with Crippen LogP contribution in [-0.4, -0.2) is 35.5 Å². The maximum Gasteiger partial charge on any atom is 0.326 e. The van der Waals surface area contributed by atoms with Crippen molar-refractivity contribution in [1.29, 1.82) is 0 Å². The molecule has 0 N–H and O–H groups in total. The van der Waals surface area contributed by atoms with E-state index in [2.05, 4.69) is 29.8 Å². The molecule has 5 heteroatoms. The average molecular weight is 426 g/mol. The zero-order chi connectivity index (χ0) is 19.9. The van der Waals surface area contributed by atoms with Crippen LogP contribution in [0.25, 0.3) is 0 Å². The molecule has 1 unspecified atom stereocenters. The third-order valence-electron chi connectivity index (χ3n) is 3.82. The van der Waals surface area contributed by atoms with E-state index >= 15 is 0 Å². The molecule has 0 fully saturated rings. The van der Waals surface area contributed by atoms with Crippen LogP contribution in [0.4, 0.5) is 0 Å². The molecule has 1 aromatic carbocycles. The van der Waals surface area contributed by atoms with Gasteiger partial charge in [-0.1, -0.05) is 48.8 Å². The predicted molar refractivity (Wildman–Crippen MR) is 109 cm³/mol. The predicted octanol–water partition coefficient (Wildman–Crippen LogP) is 5.16. The first kappa shape index (κ1) is 22.7. The Hall–Kier alpha value is -1.36. The Morgan fingerprint density at radius 1 is 1.15 bits per heavy atom. The van der Waals surface area contributed by atoms with Crippen LogP contribution in [0.5, 0.6) is 0 Å². The number of amides is 1. The van der Waals surface area contributed by atoms with Gasteiger partial charge in [-0.3, -0.25) is 9.59 Å². The lowest BCUT2D eigenvalue weighted by Crippen LogP contribution is -2.41. The molecular weight excluding hydrogens is 394 g/mol. The van der Waals surface area contributed by atoms with E-state index in [9.17, 15) is 9.59 Å². The van der Waals surface area contributed by atoms with E-state index in [0.29, 0.717) is 12.5 Å². The van der Waals surface area contributed by atoms with Crippen LogP contribution < -0.4 is 0 Å². The van der Waals surface area contributed by atoms with Gasteiger partial charge in [0.1, 0.15) is 12.1 Å². The molecule has 0 aliphatic rings. The highest BCUT2D eigenvalue weighted by molar-refractivity contribution is 9.10. The van der Waals surface area contributed by atoms with Gasteiger partial charge in [0.15, 0.2) is 0 Å². The fourth-order valence-corrected chi connectivity index (χ4v) is 3.10. The average Bonchev–Trinajstić information content (AvgIpc) is 2.50. The van der Waals surface area contributed by atoms with E-state index in [4.69, 9.17) is 4.74 Å². The lowest BCUT2D eigenvalue weighted by atomic mass is 9.89. The normalized spacial score (nSPS) is 12.8. The SMILES string of the molecule is CCCN(CC(=O)OC(C)(C)C)C(=O)C(CC(C)C)c1ccc(Br)cc1. The van der Waals surface area contributed by atoms with Crippen LogP contribution >= 0.6 is 15.9 Å². The Morgan fingerprint density at radius 2 is 1.73 bits per heavy atom. The van der Waals surface area contributed by atoms with Gasteiger partial charge >= 0.3 is 5.97 Å². The van der Waals surface area contributed by atoms with Gasteiger partial charge in [-0.2, -0.15) is 0 Å². The number of nitrogens with zero attached hydrogens (tertiary/aromatic N) is 1. The lowest BCUT2D eigenvalue weighted by molar-refractivity contribution is -0.159. The Morgan fingerprint density at radius 3 is 2.19 bits per heavy atom. The van der Waals surface area contributed by atoms with Crippen molar-refractivity contribution in [3.8, 4) is 0 Å². The van der Waals surface area contributed by atoms with Crippen LogP contribution in [0, 0.1) is 5.92 Å². The van der Waals surface area contributed by atoms with Crippen molar-refractivity contribution in [2.24, 2.45) is 5.92 Å². The van der Waals surface area contributed by atoms with Gasteiger partial charge in [-0.15, -0.1) is 0 Å². The number of hydrogen-bond donors (Lipinski definition) is 0. The first-order valence-electron chi connectivity index (χ1n) is 9.29. The molecule has 0 saturated heterocycles. The summed E-state index contributed by atoms with van der Waals surface area (Å²) in [5.74, 6) is -0.248. The van der Waals surface area contributed by atoms with Gasteiger partial charge in [-0.25, -0.2) is 0 Å². The van der Waals surface area contributed by atoms with E-state index in [1.54, 1.807) is 4.90 Å². The molecule has 1 atom stereocenters. The van der Waals surface area contributed by atoms with Gasteiger partial charge in [0, 0.05) is 11.0 Å². The van der Waals surface area contributed by atoms with Crippen LogP contribution in [0.15, 0.2) is 28.7 Å². The smallest absolute Gasteiger partial charge is 0.326 e. The largest absolute Gasteiger partial charge is 0.459 e. The zero-order valence-electron chi connectivity index (χ0n) is 16.8. The van der Waals surface area contributed by atoms with Crippen molar-refractivity contribution >= 4 is 27.8 Å². The summed E-state index contributed by atoms with van der Waals surface area (Å²) in [6, 6.07) is 7.86. The minimum absolute atomic E-state index is 0.00489. The maximum absolute atomic E-state index is 13.3. The van der Waals surface area contributed by atoms with Crippen LogP contribution in [-0.2, 0) is 14.3 Å². The number of rotatable bonds is 8. The molecule has 0 heterocycles. The lowest BCUT2D eigenvalue weighted by Gasteiger charge is -2.29. The Bertz CT molecular complexity index is 590. The van der Waals surface area contributed by atoms with E-state index in [-0.39, 0.29) is 24.3 Å². The van der Waals surface area contributed by atoms with E-state index in [1.165, 1.54) is 0 Å². The molecule has 1 aromatic rings. The van der Waals surface area contributed by atoms with E-state index in [1.807, 2.05) is 52.0 Å². The van der Waals surface area contributed by atoms with Gasteiger partial charge in [0.2, 0.25) is 5.91 Å². The molecule has 1 rings (SSSR count). The molecule has 4 nitrogen and oxygen atoms in total.